The van der Waals surface area contributed by atoms with Crippen LogP contribution in [0.1, 0.15) is 15.9 Å². The van der Waals surface area contributed by atoms with E-state index < -0.39 is 6.61 Å². The molecular weight excluding hydrogens is 366 g/mol. The highest BCUT2D eigenvalue weighted by Crippen LogP contribution is 2.25. The fourth-order valence-corrected chi connectivity index (χ4v) is 2.57. The van der Waals surface area contributed by atoms with Gasteiger partial charge in [-0.1, -0.05) is 45.7 Å². The highest BCUT2D eigenvalue weighted by atomic mass is 79.9. The Hall–Kier alpha value is -1.46. The zero-order valence-corrected chi connectivity index (χ0v) is 13.0. The average molecular weight is 376 g/mol. The van der Waals surface area contributed by atoms with Crippen molar-refractivity contribution in [2.45, 2.75) is 13.0 Å². The Labute approximate surface area is 133 Å². The van der Waals surface area contributed by atoms with E-state index in [0.29, 0.717) is 10.6 Å². The van der Waals surface area contributed by atoms with Gasteiger partial charge in [0, 0.05) is 15.9 Å². The van der Waals surface area contributed by atoms with E-state index in [1.54, 1.807) is 24.3 Å². The number of benzene rings is 2. The first-order valence-electron chi connectivity index (χ1n) is 5.98. The van der Waals surface area contributed by atoms with Crippen LogP contribution in [0.25, 0.3) is 0 Å². The van der Waals surface area contributed by atoms with Crippen LogP contribution in [0.4, 0.5) is 8.78 Å². The summed E-state index contributed by atoms with van der Waals surface area (Å²) >= 11 is 9.33. The van der Waals surface area contributed by atoms with Gasteiger partial charge in [-0.25, -0.2) is 0 Å². The van der Waals surface area contributed by atoms with Crippen molar-refractivity contribution in [1.82, 2.24) is 0 Å². The Kier molecular flexibility index (Phi) is 5.31. The molecule has 21 heavy (non-hydrogen) atoms. The number of carbonyl (C=O) groups is 1. The minimum atomic E-state index is -2.98. The topological polar surface area (TPSA) is 26.3 Å². The normalized spacial score (nSPS) is 10.7. The minimum Gasteiger partial charge on any atom is -0.434 e. The number of rotatable bonds is 5. The van der Waals surface area contributed by atoms with Crippen molar-refractivity contribution in [1.29, 1.82) is 0 Å². The highest BCUT2D eigenvalue weighted by molar-refractivity contribution is 9.10. The van der Waals surface area contributed by atoms with E-state index >= 15 is 0 Å². The lowest BCUT2D eigenvalue weighted by atomic mass is 10.0. The van der Waals surface area contributed by atoms with Crippen LogP contribution in [0.5, 0.6) is 5.75 Å². The number of hydrogen-bond donors (Lipinski definition) is 0. The van der Waals surface area contributed by atoms with Gasteiger partial charge in [-0.05, 0) is 29.8 Å². The summed E-state index contributed by atoms with van der Waals surface area (Å²) in [6.07, 6.45) is 0.00965. The molecule has 0 unspecified atom stereocenters. The molecule has 0 N–H and O–H groups in total. The summed E-state index contributed by atoms with van der Waals surface area (Å²) in [6, 6.07) is 11.0. The molecule has 0 atom stereocenters. The van der Waals surface area contributed by atoms with Crippen molar-refractivity contribution in [2.75, 3.05) is 0 Å². The molecule has 0 saturated carbocycles. The Morgan fingerprint density at radius 3 is 2.62 bits per heavy atom. The first kappa shape index (κ1) is 15.9. The largest absolute Gasteiger partial charge is 0.434 e. The van der Waals surface area contributed by atoms with Gasteiger partial charge >= 0.3 is 6.61 Å². The van der Waals surface area contributed by atoms with Gasteiger partial charge in [0.1, 0.15) is 5.75 Å². The number of ether oxygens (including phenoxy) is 1. The third-order valence-corrected chi connectivity index (χ3v) is 3.61. The molecule has 6 heteroatoms. The number of Topliss-reactive ketones (excluding diaryl/α,β-unsaturated/α-hetero) is 1. The fourth-order valence-electron chi connectivity index (χ4n) is 1.83. The quantitative estimate of drug-likeness (QED) is 0.677. The Bertz CT molecular complexity index is 662. The summed E-state index contributed by atoms with van der Waals surface area (Å²) in [4.78, 5) is 12.3. The summed E-state index contributed by atoms with van der Waals surface area (Å²) < 4.78 is 29.8. The number of halogens is 4. The van der Waals surface area contributed by atoms with Crippen LogP contribution >= 0.6 is 27.5 Å². The molecule has 0 bridgehead atoms. The fraction of sp³-hybridized carbons (Fsp3) is 0.133. The third-order valence-electron chi connectivity index (χ3n) is 2.77. The molecule has 2 aromatic rings. The lowest BCUT2D eigenvalue weighted by Gasteiger charge is -2.10. The zero-order valence-electron chi connectivity index (χ0n) is 10.7. The van der Waals surface area contributed by atoms with Crippen molar-refractivity contribution >= 4 is 33.3 Å². The maximum absolute atomic E-state index is 12.3. The molecule has 110 valence electrons. The van der Waals surface area contributed by atoms with Crippen LogP contribution in [0, 0.1) is 0 Å². The molecular formula is C15H10BrClF2O2. The van der Waals surface area contributed by atoms with Gasteiger partial charge in [-0.2, -0.15) is 8.78 Å². The van der Waals surface area contributed by atoms with Crippen molar-refractivity contribution < 1.29 is 18.3 Å². The van der Waals surface area contributed by atoms with Crippen LogP contribution in [0.2, 0.25) is 5.02 Å². The van der Waals surface area contributed by atoms with Crippen LogP contribution in [-0.2, 0) is 6.42 Å². The van der Waals surface area contributed by atoms with Gasteiger partial charge in [0.15, 0.2) is 5.78 Å². The molecule has 0 heterocycles. The second kappa shape index (κ2) is 7.00. The van der Waals surface area contributed by atoms with Gasteiger partial charge < -0.3 is 4.74 Å². The zero-order chi connectivity index (χ0) is 15.4. The van der Waals surface area contributed by atoms with Crippen molar-refractivity contribution in [3.8, 4) is 5.75 Å². The Morgan fingerprint density at radius 2 is 1.95 bits per heavy atom. The van der Waals surface area contributed by atoms with Gasteiger partial charge in [-0.3, -0.25) is 4.79 Å². The minimum absolute atomic E-state index is 0.00965. The lowest BCUT2D eigenvalue weighted by Crippen LogP contribution is -2.10. The van der Waals surface area contributed by atoms with Crippen molar-refractivity contribution in [2.24, 2.45) is 0 Å². The van der Waals surface area contributed by atoms with E-state index in [2.05, 4.69) is 20.7 Å². The number of carbonyl (C=O) groups excluding carboxylic acids is 1. The van der Waals surface area contributed by atoms with Crippen LogP contribution < -0.4 is 4.74 Å². The van der Waals surface area contributed by atoms with Gasteiger partial charge in [-0.15, -0.1) is 0 Å². The van der Waals surface area contributed by atoms with E-state index in [4.69, 9.17) is 11.6 Å². The molecule has 0 fully saturated rings. The smallest absolute Gasteiger partial charge is 0.387 e. The van der Waals surface area contributed by atoms with Crippen LogP contribution in [-0.4, -0.2) is 12.4 Å². The predicted molar refractivity (Wildman–Crippen MR) is 80.3 cm³/mol. The molecule has 0 spiro atoms. The maximum Gasteiger partial charge on any atom is 0.387 e. The molecule has 0 radical (unpaired) electrons. The Morgan fingerprint density at radius 1 is 1.24 bits per heavy atom. The maximum atomic E-state index is 12.3. The molecule has 2 aromatic carbocycles. The number of alkyl halides is 2. The monoisotopic (exact) mass is 374 g/mol. The summed E-state index contributed by atoms with van der Waals surface area (Å²) in [6.45, 7) is -2.98. The molecule has 2 rings (SSSR count). The summed E-state index contributed by atoms with van der Waals surface area (Å²) in [5, 5.41) is 0.435. The lowest BCUT2D eigenvalue weighted by molar-refractivity contribution is -0.0501. The third kappa shape index (κ3) is 4.25. The molecule has 0 aliphatic carbocycles. The molecule has 0 aliphatic heterocycles. The first-order chi connectivity index (χ1) is 9.97. The summed E-state index contributed by atoms with van der Waals surface area (Å²) in [5.74, 6) is -0.471. The molecule has 2 nitrogen and oxygen atoms in total. The second-order valence-electron chi connectivity index (χ2n) is 4.21. The SMILES string of the molecule is O=C(Cc1ccc(Br)cc1Cl)c1ccccc1OC(F)F. The number of para-hydroxylation sites is 1. The van der Waals surface area contributed by atoms with E-state index in [0.717, 1.165) is 4.47 Å². The molecule has 0 saturated heterocycles. The van der Waals surface area contributed by atoms with Crippen LogP contribution in [0.3, 0.4) is 0 Å². The highest BCUT2D eigenvalue weighted by Gasteiger charge is 2.16. The van der Waals surface area contributed by atoms with E-state index in [1.807, 2.05) is 0 Å². The Balaban J connectivity index is 2.24. The van der Waals surface area contributed by atoms with E-state index in [9.17, 15) is 13.6 Å². The molecule has 0 aromatic heterocycles. The average Bonchev–Trinajstić information content (AvgIpc) is 2.42. The first-order valence-corrected chi connectivity index (χ1v) is 7.15. The number of hydrogen-bond acceptors (Lipinski definition) is 2. The number of ketones is 1. The molecule has 0 amide bonds. The van der Waals surface area contributed by atoms with Crippen LogP contribution in [0.15, 0.2) is 46.9 Å². The van der Waals surface area contributed by atoms with E-state index in [-0.39, 0.29) is 23.5 Å². The summed E-state index contributed by atoms with van der Waals surface area (Å²) in [5.41, 5.74) is 0.730. The van der Waals surface area contributed by atoms with Gasteiger partial charge in [0.25, 0.3) is 0 Å². The van der Waals surface area contributed by atoms with Crippen molar-refractivity contribution in [3.05, 3.63) is 63.1 Å². The predicted octanol–water partition coefficient (Wildman–Crippen LogP) is 5.13. The van der Waals surface area contributed by atoms with Gasteiger partial charge in [0.2, 0.25) is 0 Å². The van der Waals surface area contributed by atoms with E-state index in [1.165, 1.54) is 18.2 Å². The molecule has 0 aliphatic rings. The van der Waals surface area contributed by atoms with Gasteiger partial charge in [0.05, 0.1) is 5.56 Å². The standard InChI is InChI=1S/C15H10BrClF2O2/c16-10-6-5-9(12(17)8-10)7-13(20)11-3-1-2-4-14(11)21-15(18)19/h1-6,8,15H,7H2. The van der Waals surface area contributed by atoms with Crippen molar-refractivity contribution in [3.63, 3.8) is 0 Å². The summed E-state index contributed by atoms with van der Waals surface area (Å²) in [7, 11) is 0. The second-order valence-corrected chi connectivity index (χ2v) is 5.53.